The minimum absolute atomic E-state index is 0.150. The quantitative estimate of drug-likeness (QED) is 0.800. The summed E-state index contributed by atoms with van der Waals surface area (Å²) < 4.78 is 19.0. The maximum absolute atomic E-state index is 13.9. The molecule has 0 aliphatic rings. The number of thioether (sulfide) groups is 1. The van der Waals surface area contributed by atoms with Crippen LogP contribution in [0.4, 0.5) is 10.1 Å². The van der Waals surface area contributed by atoms with Crippen LogP contribution in [-0.4, -0.2) is 19.9 Å². The highest BCUT2D eigenvalue weighted by molar-refractivity contribution is 7.98. The third-order valence-electron chi connectivity index (χ3n) is 3.26. The van der Waals surface area contributed by atoms with Crippen molar-refractivity contribution in [2.75, 3.05) is 25.2 Å². The van der Waals surface area contributed by atoms with E-state index in [-0.39, 0.29) is 11.9 Å². The molecule has 2 aromatic rings. The van der Waals surface area contributed by atoms with Crippen LogP contribution >= 0.6 is 11.8 Å². The number of nitrogens with two attached hydrogens (primary N) is 1. The van der Waals surface area contributed by atoms with Gasteiger partial charge >= 0.3 is 0 Å². The third-order valence-corrected chi connectivity index (χ3v) is 4.00. The summed E-state index contributed by atoms with van der Waals surface area (Å²) in [5, 5.41) is 3.14. The van der Waals surface area contributed by atoms with Crippen LogP contribution in [0, 0.1) is 5.82 Å². The summed E-state index contributed by atoms with van der Waals surface area (Å²) in [6, 6.07) is 12.5. The molecule has 0 radical (unpaired) electrons. The number of ether oxygens (including phenoxy) is 1. The molecule has 0 amide bonds. The lowest BCUT2D eigenvalue weighted by Crippen LogP contribution is -2.21. The molecule has 3 nitrogen and oxygen atoms in total. The predicted octanol–water partition coefficient (Wildman–Crippen LogP) is 3.67. The highest BCUT2D eigenvalue weighted by Gasteiger charge is 2.12. The van der Waals surface area contributed by atoms with Crippen LogP contribution in [0.1, 0.15) is 11.6 Å². The van der Waals surface area contributed by atoms with E-state index >= 15 is 0 Å². The summed E-state index contributed by atoms with van der Waals surface area (Å²) in [7, 11) is 1.55. The minimum atomic E-state index is -0.324. The molecule has 0 heterocycles. The van der Waals surface area contributed by atoms with Crippen molar-refractivity contribution in [2.45, 2.75) is 10.9 Å². The first-order valence-electron chi connectivity index (χ1n) is 6.62. The van der Waals surface area contributed by atoms with Crippen LogP contribution in [0.5, 0.6) is 5.75 Å². The van der Waals surface area contributed by atoms with Crippen LogP contribution in [0.3, 0.4) is 0 Å². The van der Waals surface area contributed by atoms with Gasteiger partial charge in [0.2, 0.25) is 0 Å². The van der Waals surface area contributed by atoms with Crippen molar-refractivity contribution >= 4 is 17.4 Å². The number of hydrogen-bond donors (Lipinski definition) is 2. The lowest BCUT2D eigenvalue weighted by atomic mass is 10.1. The monoisotopic (exact) mass is 306 g/mol. The van der Waals surface area contributed by atoms with Gasteiger partial charge in [-0.1, -0.05) is 12.1 Å². The Balaban J connectivity index is 2.21. The second kappa shape index (κ2) is 7.33. The summed E-state index contributed by atoms with van der Waals surface area (Å²) in [5.74, 6) is 0.280. The van der Waals surface area contributed by atoms with Gasteiger partial charge in [0.1, 0.15) is 11.6 Å². The van der Waals surface area contributed by atoms with E-state index in [0.717, 1.165) is 5.56 Å². The molecule has 0 aromatic heterocycles. The highest BCUT2D eigenvalue weighted by atomic mass is 32.2. The maximum atomic E-state index is 13.9. The second-order valence-corrected chi connectivity index (χ2v) is 5.43. The van der Waals surface area contributed by atoms with E-state index in [9.17, 15) is 4.39 Å². The summed E-state index contributed by atoms with van der Waals surface area (Å²) in [6.07, 6.45) is 2.03. The van der Waals surface area contributed by atoms with Gasteiger partial charge in [0.15, 0.2) is 0 Å². The highest BCUT2D eigenvalue weighted by Crippen LogP contribution is 2.26. The Hall–Kier alpha value is -1.72. The van der Waals surface area contributed by atoms with Crippen molar-refractivity contribution in [1.29, 1.82) is 0 Å². The lowest BCUT2D eigenvalue weighted by molar-refractivity contribution is 0.414. The molecule has 3 N–H and O–H groups in total. The van der Waals surface area contributed by atoms with E-state index in [1.54, 1.807) is 31.0 Å². The number of hydrogen-bond acceptors (Lipinski definition) is 4. The largest absolute Gasteiger partial charge is 0.497 e. The Morgan fingerprint density at radius 3 is 2.52 bits per heavy atom. The molecule has 0 bridgehead atoms. The number of halogens is 1. The van der Waals surface area contributed by atoms with Gasteiger partial charge in [-0.25, -0.2) is 4.39 Å². The normalized spacial score (nSPS) is 12.0. The predicted molar refractivity (Wildman–Crippen MR) is 86.6 cm³/mol. The molecule has 0 fully saturated rings. The molecule has 0 saturated carbocycles. The molecular formula is C16H19FN2OS. The van der Waals surface area contributed by atoms with Gasteiger partial charge in [0.05, 0.1) is 18.8 Å². The number of rotatable bonds is 6. The Kier molecular flexibility index (Phi) is 5.47. The molecule has 0 spiro atoms. The van der Waals surface area contributed by atoms with Crippen molar-refractivity contribution in [2.24, 2.45) is 5.73 Å². The van der Waals surface area contributed by atoms with E-state index < -0.39 is 0 Å². The van der Waals surface area contributed by atoms with E-state index in [2.05, 4.69) is 5.32 Å². The summed E-state index contributed by atoms with van der Waals surface area (Å²) in [5.41, 5.74) is 7.24. The van der Waals surface area contributed by atoms with Crippen molar-refractivity contribution in [3.8, 4) is 5.75 Å². The Morgan fingerprint density at radius 1 is 1.24 bits per heavy atom. The van der Waals surface area contributed by atoms with Gasteiger partial charge < -0.3 is 15.8 Å². The average molecular weight is 306 g/mol. The number of nitrogens with one attached hydrogen (secondary N) is 1. The maximum Gasteiger partial charge on any atom is 0.146 e. The Morgan fingerprint density at radius 2 is 1.95 bits per heavy atom. The molecule has 0 aliphatic carbocycles. The fraction of sp³-hybridized carbons (Fsp3) is 0.250. The zero-order chi connectivity index (χ0) is 15.2. The first kappa shape index (κ1) is 15.7. The van der Waals surface area contributed by atoms with Crippen LogP contribution in [0.25, 0.3) is 0 Å². The molecule has 2 rings (SSSR count). The van der Waals surface area contributed by atoms with E-state index in [1.165, 1.54) is 11.0 Å². The smallest absolute Gasteiger partial charge is 0.146 e. The van der Waals surface area contributed by atoms with E-state index in [1.807, 2.05) is 30.5 Å². The van der Waals surface area contributed by atoms with Crippen LogP contribution in [0.15, 0.2) is 47.4 Å². The summed E-state index contributed by atoms with van der Waals surface area (Å²) >= 11 is 1.68. The summed E-state index contributed by atoms with van der Waals surface area (Å²) in [4.78, 5) is 1.18. The minimum Gasteiger partial charge on any atom is -0.497 e. The van der Waals surface area contributed by atoms with Crippen molar-refractivity contribution in [3.63, 3.8) is 0 Å². The fourth-order valence-corrected chi connectivity index (χ4v) is 2.45. The molecule has 2 aromatic carbocycles. The molecule has 1 unspecified atom stereocenters. The van der Waals surface area contributed by atoms with E-state index in [0.29, 0.717) is 18.0 Å². The van der Waals surface area contributed by atoms with Gasteiger partial charge in [-0.15, -0.1) is 11.8 Å². The van der Waals surface area contributed by atoms with Gasteiger partial charge in [-0.3, -0.25) is 0 Å². The van der Waals surface area contributed by atoms with Gasteiger partial charge in [0.25, 0.3) is 0 Å². The average Bonchev–Trinajstić information content (AvgIpc) is 2.54. The number of anilines is 1. The molecular weight excluding hydrogens is 287 g/mol. The number of benzene rings is 2. The Bertz CT molecular complexity index is 589. The lowest BCUT2D eigenvalue weighted by Gasteiger charge is -2.19. The molecule has 5 heteroatoms. The topological polar surface area (TPSA) is 47.3 Å². The van der Waals surface area contributed by atoms with Crippen molar-refractivity contribution in [1.82, 2.24) is 0 Å². The second-order valence-electron chi connectivity index (χ2n) is 4.55. The van der Waals surface area contributed by atoms with Crippen molar-refractivity contribution in [3.05, 3.63) is 53.8 Å². The molecule has 0 saturated heterocycles. The third kappa shape index (κ3) is 3.89. The summed E-state index contributed by atoms with van der Waals surface area (Å²) in [6.45, 7) is 0.370. The SMILES string of the molecule is COc1ccc(F)c(NC(CN)c2ccc(SC)cc2)c1. The Labute approximate surface area is 128 Å². The number of methoxy groups -OCH3 is 1. The first-order valence-corrected chi connectivity index (χ1v) is 7.84. The molecule has 1 atom stereocenters. The van der Waals surface area contributed by atoms with Gasteiger partial charge in [-0.05, 0) is 36.1 Å². The zero-order valence-corrected chi connectivity index (χ0v) is 12.9. The zero-order valence-electron chi connectivity index (χ0n) is 12.1. The van der Waals surface area contributed by atoms with Crippen LogP contribution in [0.2, 0.25) is 0 Å². The standard InChI is InChI=1S/C16H19FN2OS/c1-20-12-5-8-14(17)15(9-12)19-16(10-18)11-3-6-13(21-2)7-4-11/h3-9,16,19H,10,18H2,1-2H3. The molecule has 112 valence electrons. The van der Waals surface area contributed by atoms with Crippen LogP contribution in [-0.2, 0) is 0 Å². The first-order chi connectivity index (χ1) is 10.2. The molecule has 21 heavy (non-hydrogen) atoms. The van der Waals surface area contributed by atoms with Gasteiger partial charge in [-0.2, -0.15) is 0 Å². The fourth-order valence-electron chi connectivity index (χ4n) is 2.04. The van der Waals surface area contributed by atoms with E-state index in [4.69, 9.17) is 10.5 Å². The molecule has 0 aliphatic heterocycles. The van der Waals surface area contributed by atoms with Gasteiger partial charge in [0, 0.05) is 17.5 Å². The van der Waals surface area contributed by atoms with Crippen LogP contribution < -0.4 is 15.8 Å². The van der Waals surface area contributed by atoms with Crippen molar-refractivity contribution < 1.29 is 9.13 Å².